The van der Waals surface area contributed by atoms with Crippen LogP contribution in [0.4, 0.5) is 0 Å². The molecule has 1 aromatic rings. The first-order valence-electron chi connectivity index (χ1n) is 4.64. The molecule has 0 fully saturated rings. The van der Waals surface area contributed by atoms with Crippen LogP contribution in [0.2, 0.25) is 0 Å². The molecule has 0 aliphatic heterocycles. The molecule has 0 spiro atoms. The van der Waals surface area contributed by atoms with Crippen LogP contribution in [0.25, 0.3) is 0 Å². The van der Waals surface area contributed by atoms with Gasteiger partial charge in [-0.3, -0.25) is 0 Å². The number of aliphatic hydroxyl groups excluding tert-OH is 2. The Morgan fingerprint density at radius 1 is 1.60 bits per heavy atom. The Labute approximate surface area is 88.3 Å². The molecule has 0 bridgehead atoms. The highest BCUT2D eigenvalue weighted by atomic mass is 16.5. The van der Waals surface area contributed by atoms with E-state index in [2.05, 4.69) is 5.10 Å². The second-order valence-corrected chi connectivity index (χ2v) is 3.42. The molecule has 6 heteroatoms. The lowest BCUT2D eigenvalue weighted by Crippen LogP contribution is -2.32. The summed E-state index contributed by atoms with van der Waals surface area (Å²) in [4.78, 5) is 0. The quantitative estimate of drug-likeness (QED) is 0.604. The second kappa shape index (κ2) is 4.61. The summed E-state index contributed by atoms with van der Waals surface area (Å²) in [6.45, 7) is 1.46. The van der Waals surface area contributed by atoms with Gasteiger partial charge in [-0.05, 0) is 6.92 Å². The zero-order valence-corrected chi connectivity index (χ0v) is 9.14. The number of hydrogen-bond acceptors (Lipinski definition) is 5. The molecule has 0 aromatic carbocycles. The van der Waals surface area contributed by atoms with Crippen LogP contribution >= 0.6 is 0 Å². The number of aliphatic hydroxyl groups is 2. The van der Waals surface area contributed by atoms with E-state index in [-0.39, 0.29) is 6.61 Å². The third-order valence-corrected chi connectivity index (χ3v) is 2.32. The average Bonchev–Trinajstić information content (AvgIpc) is 2.50. The van der Waals surface area contributed by atoms with E-state index >= 15 is 0 Å². The van der Waals surface area contributed by atoms with Crippen molar-refractivity contribution >= 4 is 0 Å². The Hall–Kier alpha value is -1.11. The number of nitrogens with zero attached hydrogens (tertiary/aromatic N) is 2. The minimum atomic E-state index is -0.973. The van der Waals surface area contributed by atoms with Gasteiger partial charge in [-0.25, -0.2) is 4.68 Å². The van der Waals surface area contributed by atoms with Crippen molar-refractivity contribution < 1.29 is 14.9 Å². The smallest absolute Gasteiger partial charge is 0.217 e. The molecule has 1 aromatic heterocycles. The first-order chi connectivity index (χ1) is 7.02. The van der Waals surface area contributed by atoms with Gasteiger partial charge >= 0.3 is 0 Å². The number of aromatic nitrogens is 2. The Morgan fingerprint density at radius 2 is 2.20 bits per heavy atom. The zero-order chi connectivity index (χ0) is 11.6. The van der Waals surface area contributed by atoms with Crippen molar-refractivity contribution in [2.75, 3.05) is 13.7 Å². The largest absolute Gasteiger partial charge is 0.481 e. The molecule has 1 heterocycles. The van der Waals surface area contributed by atoms with Crippen molar-refractivity contribution in [1.29, 1.82) is 0 Å². The maximum absolute atomic E-state index is 9.88. The summed E-state index contributed by atoms with van der Waals surface area (Å²) in [5, 5.41) is 22.9. The molecule has 0 aliphatic carbocycles. The number of ether oxygens (including phenoxy) is 1. The van der Waals surface area contributed by atoms with Gasteiger partial charge in [0.25, 0.3) is 0 Å². The van der Waals surface area contributed by atoms with Gasteiger partial charge in [0.2, 0.25) is 5.88 Å². The standard InChI is InChI=1S/C9H17N3O3/c1-5-7(8(14)6(10)4-13)9(15-3)12(2)11-5/h6,8,13-14H,4,10H2,1-3H3. The number of methoxy groups -OCH3 is 1. The van der Waals surface area contributed by atoms with E-state index in [0.29, 0.717) is 17.1 Å². The van der Waals surface area contributed by atoms with E-state index in [1.165, 1.54) is 11.8 Å². The predicted octanol–water partition coefficient (Wildman–Crippen LogP) is -0.910. The average molecular weight is 215 g/mol. The van der Waals surface area contributed by atoms with E-state index in [1.54, 1.807) is 14.0 Å². The molecular formula is C9H17N3O3. The Bertz CT molecular complexity index is 338. The third kappa shape index (κ3) is 2.11. The van der Waals surface area contributed by atoms with Crippen LogP contribution in [-0.4, -0.2) is 39.8 Å². The van der Waals surface area contributed by atoms with Gasteiger partial charge in [0.15, 0.2) is 0 Å². The fraction of sp³-hybridized carbons (Fsp3) is 0.667. The van der Waals surface area contributed by atoms with Crippen molar-refractivity contribution in [3.63, 3.8) is 0 Å². The van der Waals surface area contributed by atoms with Crippen molar-refractivity contribution in [3.8, 4) is 5.88 Å². The van der Waals surface area contributed by atoms with Gasteiger partial charge in [-0.2, -0.15) is 5.10 Å². The number of rotatable bonds is 4. The van der Waals surface area contributed by atoms with E-state index < -0.39 is 12.1 Å². The van der Waals surface area contributed by atoms with Crippen molar-refractivity contribution in [2.45, 2.75) is 19.1 Å². The molecule has 1 rings (SSSR count). The molecule has 0 aliphatic rings. The Balaban J connectivity index is 3.11. The van der Waals surface area contributed by atoms with Crippen molar-refractivity contribution in [3.05, 3.63) is 11.3 Å². The van der Waals surface area contributed by atoms with Crippen LogP contribution in [0, 0.1) is 6.92 Å². The molecule has 6 nitrogen and oxygen atoms in total. The monoisotopic (exact) mass is 215 g/mol. The SMILES string of the molecule is COc1c(C(O)C(N)CO)c(C)nn1C. The summed E-state index contributed by atoms with van der Waals surface area (Å²) >= 11 is 0. The first kappa shape index (κ1) is 12.0. The summed E-state index contributed by atoms with van der Waals surface area (Å²) in [5.74, 6) is 0.462. The van der Waals surface area contributed by atoms with Crippen LogP contribution in [-0.2, 0) is 7.05 Å². The predicted molar refractivity (Wildman–Crippen MR) is 54.5 cm³/mol. The summed E-state index contributed by atoms with van der Waals surface area (Å²) in [6, 6.07) is -0.734. The van der Waals surface area contributed by atoms with E-state index in [1.807, 2.05) is 0 Å². The van der Waals surface area contributed by atoms with Crippen molar-refractivity contribution in [1.82, 2.24) is 9.78 Å². The molecule has 15 heavy (non-hydrogen) atoms. The minimum absolute atomic E-state index is 0.293. The molecule has 86 valence electrons. The summed E-state index contributed by atoms with van der Waals surface area (Å²) in [5.41, 5.74) is 6.73. The lowest BCUT2D eigenvalue weighted by molar-refractivity contribution is 0.106. The van der Waals surface area contributed by atoms with E-state index in [9.17, 15) is 5.11 Å². The molecule has 2 unspecified atom stereocenters. The van der Waals surface area contributed by atoms with Gasteiger partial charge in [-0.1, -0.05) is 0 Å². The van der Waals surface area contributed by atoms with Gasteiger partial charge < -0.3 is 20.7 Å². The van der Waals surface area contributed by atoms with E-state index in [0.717, 1.165) is 0 Å². The maximum Gasteiger partial charge on any atom is 0.217 e. The highest BCUT2D eigenvalue weighted by Gasteiger charge is 2.25. The number of nitrogens with two attached hydrogens (primary N) is 1. The van der Waals surface area contributed by atoms with Gasteiger partial charge in [0.05, 0.1) is 31.0 Å². The molecule has 2 atom stereocenters. The maximum atomic E-state index is 9.88. The molecule has 0 radical (unpaired) electrons. The van der Waals surface area contributed by atoms with Gasteiger partial charge in [-0.15, -0.1) is 0 Å². The number of aryl methyl sites for hydroxylation is 2. The molecular weight excluding hydrogens is 198 g/mol. The highest BCUT2D eigenvalue weighted by Crippen LogP contribution is 2.29. The lowest BCUT2D eigenvalue weighted by Gasteiger charge is -2.17. The normalized spacial score (nSPS) is 15.1. The molecule has 0 saturated heterocycles. The number of hydrogen-bond donors (Lipinski definition) is 3. The Kier molecular flexibility index (Phi) is 3.67. The Morgan fingerprint density at radius 3 is 2.67 bits per heavy atom. The lowest BCUT2D eigenvalue weighted by atomic mass is 10.0. The van der Waals surface area contributed by atoms with Gasteiger partial charge in [0, 0.05) is 7.05 Å². The summed E-state index contributed by atoms with van der Waals surface area (Å²) < 4.78 is 6.64. The second-order valence-electron chi connectivity index (χ2n) is 3.42. The topological polar surface area (TPSA) is 93.5 Å². The van der Waals surface area contributed by atoms with Crippen LogP contribution in [0.5, 0.6) is 5.88 Å². The first-order valence-corrected chi connectivity index (χ1v) is 4.64. The molecule has 4 N–H and O–H groups in total. The summed E-state index contributed by atoms with van der Waals surface area (Å²) in [6.07, 6.45) is -0.973. The fourth-order valence-electron chi connectivity index (χ4n) is 1.55. The van der Waals surface area contributed by atoms with Crippen LogP contribution < -0.4 is 10.5 Å². The van der Waals surface area contributed by atoms with Crippen molar-refractivity contribution in [2.24, 2.45) is 12.8 Å². The molecule has 0 saturated carbocycles. The summed E-state index contributed by atoms with van der Waals surface area (Å²) in [7, 11) is 3.21. The van der Waals surface area contributed by atoms with Crippen LogP contribution in [0.3, 0.4) is 0 Å². The van der Waals surface area contributed by atoms with Crippen LogP contribution in [0.15, 0.2) is 0 Å². The van der Waals surface area contributed by atoms with Crippen LogP contribution in [0.1, 0.15) is 17.4 Å². The zero-order valence-electron chi connectivity index (χ0n) is 9.14. The fourth-order valence-corrected chi connectivity index (χ4v) is 1.55. The van der Waals surface area contributed by atoms with Gasteiger partial charge in [0.1, 0.15) is 6.10 Å². The highest BCUT2D eigenvalue weighted by molar-refractivity contribution is 5.34. The minimum Gasteiger partial charge on any atom is -0.481 e. The van der Waals surface area contributed by atoms with E-state index in [4.69, 9.17) is 15.6 Å². The third-order valence-electron chi connectivity index (χ3n) is 2.32. The molecule has 0 amide bonds.